The van der Waals surface area contributed by atoms with Crippen molar-refractivity contribution in [3.05, 3.63) is 24.4 Å². The van der Waals surface area contributed by atoms with Crippen LogP contribution in [0.3, 0.4) is 0 Å². The summed E-state index contributed by atoms with van der Waals surface area (Å²) in [5.41, 5.74) is -0.430. The molecule has 0 aliphatic carbocycles. The lowest BCUT2D eigenvalue weighted by atomic mass is 10.1. The number of nitrogens with zero attached hydrogens (tertiary/aromatic N) is 2. The summed E-state index contributed by atoms with van der Waals surface area (Å²) in [7, 11) is 0. The zero-order chi connectivity index (χ0) is 14.6. The summed E-state index contributed by atoms with van der Waals surface area (Å²) >= 11 is 0. The Morgan fingerprint density at radius 1 is 1.35 bits per heavy atom. The van der Waals surface area contributed by atoms with E-state index in [0.717, 1.165) is 31.7 Å². The Kier molecular flexibility index (Phi) is 4.47. The van der Waals surface area contributed by atoms with Crippen LogP contribution < -0.4 is 5.32 Å². The number of likely N-dealkylation sites (tertiary alicyclic amines) is 1. The molecule has 20 heavy (non-hydrogen) atoms. The molecule has 110 valence electrons. The van der Waals surface area contributed by atoms with Crippen LogP contribution in [0, 0.1) is 0 Å². The summed E-state index contributed by atoms with van der Waals surface area (Å²) in [4.78, 5) is 18.0. The second-order valence-electron chi connectivity index (χ2n) is 6.10. The van der Waals surface area contributed by atoms with Gasteiger partial charge >= 0.3 is 6.09 Å². The number of rotatable bonds is 2. The van der Waals surface area contributed by atoms with Gasteiger partial charge in [0.1, 0.15) is 11.4 Å². The number of pyridine rings is 1. The van der Waals surface area contributed by atoms with Crippen molar-refractivity contribution >= 4 is 11.9 Å². The molecule has 1 aliphatic heterocycles. The molecule has 0 saturated carbocycles. The highest BCUT2D eigenvalue weighted by Gasteiger charge is 2.26. The fourth-order valence-corrected chi connectivity index (χ4v) is 2.19. The molecule has 1 aliphatic rings. The van der Waals surface area contributed by atoms with E-state index in [1.165, 1.54) is 0 Å². The van der Waals surface area contributed by atoms with Crippen molar-refractivity contribution in [1.82, 2.24) is 9.88 Å². The number of hydrogen-bond donors (Lipinski definition) is 1. The number of carbonyl (C=O) groups excluding carboxylic acids is 1. The average Bonchev–Trinajstić information content (AvgIpc) is 2.39. The first kappa shape index (κ1) is 14.6. The maximum atomic E-state index is 11.9. The second-order valence-corrected chi connectivity index (χ2v) is 6.10. The van der Waals surface area contributed by atoms with Crippen molar-refractivity contribution in [3.63, 3.8) is 0 Å². The highest BCUT2D eigenvalue weighted by Crippen LogP contribution is 2.17. The molecule has 0 unspecified atom stereocenters. The van der Waals surface area contributed by atoms with Crippen LogP contribution in [-0.4, -0.2) is 40.7 Å². The average molecular weight is 277 g/mol. The maximum Gasteiger partial charge on any atom is 0.410 e. The molecule has 1 amide bonds. The van der Waals surface area contributed by atoms with E-state index >= 15 is 0 Å². The van der Waals surface area contributed by atoms with Crippen LogP contribution in [0.4, 0.5) is 10.6 Å². The van der Waals surface area contributed by atoms with Crippen molar-refractivity contribution < 1.29 is 9.53 Å². The number of piperidine rings is 1. The maximum absolute atomic E-state index is 11.9. The quantitative estimate of drug-likeness (QED) is 0.903. The zero-order valence-electron chi connectivity index (χ0n) is 12.4. The van der Waals surface area contributed by atoms with Gasteiger partial charge in [-0.15, -0.1) is 0 Å². The van der Waals surface area contributed by atoms with Gasteiger partial charge in [-0.3, -0.25) is 0 Å². The molecular formula is C15H23N3O2. The van der Waals surface area contributed by atoms with Gasteiger partial charge in [0.2, 0.25) is 0 Å². The molecule has 0 atom stereocenters. The van der Waals surface area contributed by atoms with Gasteiger partial charge in [-0.25, -0.2) is 9.78 Å². The molecule has 1 fully saturated rings. The highest BCUT2D eigenvalue weighted by atomic mass is 16.6. The summed E-state index contributed by atoms with van der Waals surface area (Å²) in [6.07, 6.45) is 3.39. The van der Waals surface area contributed by atoms with Gasteiger partial charge in [0.05, 0.1) is 0 Å². The molecule has 0 aromatic carbocycles. The van der Waals surface area contributed by atoms with Gasteiger partial charge in [0, 0.05) is 25.3 Å². The topological polar surface area (TPSA) is 54.5 Å². The zero-order valence-corrected chi connectivity index (χ0v) is 12.4. The van der Waals surface area contributed by atoms with Gasteiger partial charge in [0.25, 0.3) is 0 Å². The fourth-order valence-electron chi connectivity index (χ4n) is 2.19. The van der Waals surface area contributed by atoms with E-state index < -0.39 is 5.60 Å². The van der Waals surface area contributed by atoms with Crippen molar-refractivity contribution in [3.8, 4) is 0 Å². The Morgan fingerprint density at radius 3 is 2.60 bits per heavy atom. The molecule has 0 spiro atoms. The molecule has 0 radical (unpaired) electrons. The smallest absolute Gasteiger partial charge is 0.410 e. The molecule has 2 rings (SSSR count). The van der Waals surface area contributed by atoms with Crippen molar-refractivity contribution in [2.24, 2.45) is 0 Å². The van der Waals surface area contributed by atoms with Crippen LogP contribution in [0.2, 0.25) is 0 Å². The molecule has 1 aromatic heterocycles. The van der Waals surface area contributed by atoms with Gasteiger partial charge in [-0.2, -0.15) is 0 Å². The first-order valence-electron chi connectivity index (χ1n) is 7.09. The lowest BCUT2D eigenvalue weighted by molar-refractivity contribution is 0.0210. The Balaban J connectivity index is 1.79. The van der Waals surface area contributed by atoms with E-state index in [4.69, 9.17) is 4.74 Å². The van der Waals surface area contributed by atoms with E-state index in [1.54, 1.807) is 11.1 Å². The number of nitrogens with one attached hydrogen (secondary N) is 1. The third-order valence-electron chi connectivity index (χ3n) is 3.16. The molecule has 5 heteroatoms. The third-order valence-corrected chi connectivity index (χ3v) is 3.16. The minimum absolute atomic E-state index is 0.214. The minimum atomic E-state index is -0.430. The number of anilines is 1. The van der Waals surface area contributed by atoms with Crippen LogP contribution in [0.25, 0.3) is 0 Å². The van der Waals surface area contributed by atoms with E-state index in [1.807, 2.05) is 39.0 Å². The van der Waals surface area contributed by atoms with Gasteiger partial charge < -0.3 is 15.0 Å². The number of hydrogen-bond acceptors (Lipinski definition) is 4. The number of amides is 1. The number of carbonyl (C=O) groups is 1. The predicted octanol–water partition coefficient (Wildman–Crippen LogP) is 2.89. The molecule has 5 nitrogen and oxygen atoms in total. The Morgan fingerprint density at radius 2 is 2.05 bits per heavy atom. The standard InChI is InChI=1S/C15H23N3O2/c1-15(2,3)20-14(19)18-10-7-12(8-11-18)17-13-6-4-5-9-16-13/h4-6,9,12H,7-8,10-11H2,1-3H3,(H,16,17). The summed E-state index contributed by atoms with van der Waals surface area (Å²) in [6.45, 7) is 7.11. The van der Waals surface area contributed by atoms with Crippen LogP contribution in [-0.2, 0) is 4.74 Å². The van der Waals surface area contributed by atoms with Crippen LogP contribution in [0.1, 0.15) is 33.6 Å². The highest BCUT2D eigenvalue weighted by molar-refractivity contribution is 5.68. The lowest BCUT2D eigenvalue weighted by Crippen LogP contribution is -2.44. The van der Waals surface area contributed by atoms with E-state index in [0.29, 0.717) is 6.04 Å². The van der Waals surface area contributed by atoms with Gasteiger partial charge in [-0.1, -0.05) is 6.07 Å². The number of aromatic nitrogens is 1. The molecule has 1 saturated heterocycles. The Hall–Kier alpha value is -1.78. The molecular weight excluding hydrogens is 254 g/mol. The normalized spacial score (nSPS) is 16.9. The monoisotopic (exact) mass is 277 g/mol. The Labute approximate surface area is 120 Å². The van der Waals surface area contributed by atoms with Gasteiger partial charge in [-0.05, 0) is 45.7 Å². The van der Waals surface area contributed by atoms with E-state index in [9.17, 15) is 4.79 Å². The minimum Gasteiger partial charge on any atom is -0.444 e. The van der Waals surface area contributed by atoms with Crippen molar-refractivity contribution in [2.45, 2.75) is 45.3 Å². The van der Waals surface area contributed by atoms with E-state index in [-0.39, 0.29) is 6.09 Å². The molecule has 2 heterocycles. The lowest BCUT2D eigenvalue weighted by Gasteiger charge is -2.33. The third kappa shape index (κ3) is 4.40. The Bertz CT molecular complexity index is 434. The summed E-state index contributed by atoms with van der Waals surface area (Å²) in [5, 5.41) is 3.40. The molecule has 1 N–H and O–H groups in total. The molecule has 1 aromatic rings. The van der Waals surface area contributed by atoms with Crippen LogP contribution >= 0.6 is 0 Å². The van der Waals surface area contributed by atoms with Crippen molar-refractivity contribution in [1.29, 1.82) is 0 Å². The van der Waals surface area contributed by atoms with Crippen molar-refractivity contribution in [2.75, 3.05) is 18.4 Å². The van der Waals surface area contributed by atoms with Gasteiger partial charge in [0.15, 0.2) is 0 Å². The summed E-state index contributed by atoms with van der Waals surface area (Å²) in [5.74, 6) is 0.892. The number of ether oxygens (including phenoxy) is 1. The second kappa shape index (κ2) is 6.11. The predicted molar refractivity (Wildman–Crippen MR) is 78.7 cm³/mol. The SMILES string of the molecule is CC(C)(C)OC(=O)N1CCC(Nc2ccccn2)CC1. The molecule has 0 bridgehead atoms. The largest absolute Gasteiger partial charge is 0.444 e. The fraction of sp³-hybridized carbons (Fsp3) is 0.600. The van der Waals surface area contributed by atoms with Crippen LogP contribution in [0.5, 0.6) is 0 Å². The summed E-state index contributed by atoms with van der Waals surface area (Å²) < 4.78 is 5.38. The van der Waals surface area contributed by atoms with E-state index in [2.05, 4.69) is 10.3 Å². The first-order chi connectivity index (χ1) is 9.44. The van der Waals surface area contributed by atoms with Crippen LogP contribution in [0.15, 0.2) is 24.4 Å². The summed E-state index contributed by atoms with van der Waals surface area (Å²) in [6, 6.07) is 6.19. The first-order valence-corrected chi connectivity index (χ1v) is 7.09.